The Bertz CT molecular complexity index is 661. The monoisotopic (exact) mass is 364 g/mol. The highest BCUT2D eigenvalue weighted by Gasteiger charge is 2.52. The highest BCUT2D eigenvalue weighted by Crippen LogP contribution is 2.38. The maximum absolute atomic E-state index is 13.1. The van der Waals surface area contributed by atoms with Crippen LogP contribution >= 0.6 is 0 Å². The maximum atomic E-state index is 13.1. The first-order chi connectivity index (χ1) is 12.4. The van der Waals surface area contributed by atoms with Gasteiger partial charge in [-0.25, -0.2) is 9.42 Å². The molecule has 0 bridgehead atoms. The topological polar surface area (TPSA) is 112 Å². The van der Waals surface area contributed by atoms with Crippen molar-refractivity contribution >= 4 is 11.9 Å². The van der Waals surface area contributed by atoms with Crippen LogP contribution < -0.4 is 16.0 Å². The second kappa shape index (κ2) is 7.61. The summed E-state index contributed by atoms with van der Waals surface area (Å²) in [5.41, 5.74) is 0.764. The Morgan fingerprint density at radius 1 is 1.35 bits per heavy atom. The molecule has 144 valence electrons. The molecule has 9 heteroatoms. The van der Waals surface area contributed by atoms with Crippen LogP contribution in [0.1, 0.15) is 50.9 Å². The van der Waals surface area contributed by atoms with Gasteiger partial charge in [0, 0.05) is 18.6 Å². The zero-order valence-corrected chi connectivity index (χ0v) is 15.7. The van der Waals surface area contributed by atoms with Crippen molar-refractivity contribution in [1.29, 1.82) is 0 Å². The third-order valence-electron chi connectivity index (χ3n) is 5.24. The van der Waals surface area contributed by atoms with Gasteiger partial charge in [-0.15, -0.1) is 0 Å². The Balaban J connectivity index is 1.65. The van der Waals surface area contributed by atoms with Crippen molar-refractivity contribution in [3.8, 4) is 0 Å². The number of urea groups is 1. The van der Waals surface area contributed by atoms with Gasteiger partial charge in [0.1, 0.15) is 16.9 Å². The molecule has 2 atom stereocenters. The van der Waals surface area contributed by atoms with Crippen molar-refractivity contribution < 1.29 is 14.2 Å². The van der Waals surface area contributed by atoms with E-state index in [9.17, 15) is 9.59 Å². The minimum absolute atomic E-state index is 0.00633. The van der Waals surface area contributed by atoms with Crippen LogP contribution in [0, 0.1) is 6.92 Å². The van der Waals surface area contributed by atoms with Crippen LogP contribution in [0.4, 0.5) is 4.79 Å². The number of aromatic nitrogens is 2. The molecule has 1 aromatic rings. The van der Waals surface area contributed by atoms with Crippen molar-refractivity contribution in [3.05, 3.63) is 11.4 Å². The Kier molecular flexibility index (Phi) is 5.45. The smallest absolute Gasteiger partial charge is 0.315 e. The summed E-state index contributed by atoms with van der Waals surface area (Å²) in [4.78, 5) is 27.3. The van der Waals surface area contributed by atoms with E-state index < -0.39 is 5.54 Å². The van der Waals surface area contributed by atoms with Gasteiger partial charge in [-0.1, -0.05) is 10.3 Å². The summed E-state index contributed by atoms with van der Waals surface area (Å²) in [5, 5.41) is 16.4. The minimum atomic E-state index is -0.556. The zero-order chi connectivity index (χ0) is 18.7. The summed E-state index contributed by atoms with van der Waals surface area (Å²) in [6.07, 6.45) is 3.52. The van der Waals surface area contributed by atoms with E-state index in [0.717, 1.165) is 25.8 Å². The number of piperidine rings is 1. The lowest BCUT2D eigenvalue weighted by atomic mass is 9.84. The van der Waals surface area contributed by atoms with E-state index in [1.165, 1.54) is 0 Å². The molecule has 0 spiro atoms. The van der Waals surface area contributed by atoms with Gasteiger partial charge >= 0.3 is 6.03 Å². The number of rotatable bonds is 5. The second-order valence-corrected chi connectivity index (χ2v) is 7.59. The van der Waals surface area contributed by atoms with Crippen molar-refractivity contribution in [3.63, 3.8) is 0 Å². The minimum Gasteiger partial charge on any atom is -0.349 e. The average Bonchev–Trinajstić information content (AvgIpc) is 3.15. The lowest BCUT2D eigenvalue weighted by molar-refractivity contribution is -0.134. The molecule has 0 radical (unpaired) electrons. The molecule has 3 heterocycles. The average molecular weight is 364 g/mol. The number of carbonyl (C=O) groups is 2. The van der Waals surface area contributed by atoms with Gasteiger partial charge in [0.05, 0.1) is 6.54 Å². The number of hydrogen-bond acceptors (Lipinski definition) is 6. The Morgan fingerprint density at radius 3 is 2.85 bits per heavy atom. The van der Waals surface area contributed by atoms with Gasteiger partial charge in [0.25, 0.3) is 0 Å². The molecule has 26 heavy (non-hydrogen) atoms. The summed E-state index contributed by atoms with van der Waals surface area (Å²) >= 11 is 0. The van der Waals surface area contributed by atoms with E-state index >= 15 is 0 Å². The standard InChI is InChI=1S/C17H28N6O3/c1-11(2)19-16(25)20-13-8-17(6-4-5-7-23(17)10-13)15(24)18-9-14-12(3)21-26-22-14/h11,13H,4-10H2,1-3H3,(H,18,24)(H2,19,20,25)/t13-,17-/m0/s1. The van der Waals surface area contributed by atoms with Gasteiger partial charge in [-0.05, 0) is 53.0 Å². The molecule has 3 N–H and O–H groups in total. The van der Waals surface area contributed by atoms with E-state index in [1.54, 1.807) is 6.92 Å². The van der Waals surface area contributed by atoms with Crippen molar-refractivity contribution in [1.82, 2.24) is 31.2 Å². The van der Waals surface area contributed by atoms with E-state index in [0.29, 0.717) is 30.9 Å². The highest BCUT2D eigenvalue weighted by molar-refractivity contribution is 5.87. The molecule has 0 aromatic carbocycles. The molecule has 2 aliphatic rings. The van der Waals surface area contributed by atoms with Gasteiger partial charge in [-0.3, -0.25) is 9.69 Å². The van der Waals surface area contributed by atoms with Crippen LogP contribution in [0.2, 0.25) is 0 Å². The summed E-state index contributed by atoms with van der Waals surface area (Å²) in [6.45, 7) is 7.52. The molecular weight excluding hydrogens is 336 g/mol. The first kappa shape index (κ1) is 18.6. The number of aryl methyl sites for hydroxylation is 1. The fourth-order valence-corrected chi connectivity index (χ4v) is 4.00. The van der Waals surface area contributed by atoms with Gasteiger partial charge < -0.3 is 16.0 Å². The summed E-state index contributed by atoms with van der Waals surface area (Å²) in [7, 11) is 0. The van der Waals surface area contributed by atoms with Crippen LogP contribution in [-0.2, 0) is 11.3 Å². The predicted octanol–water partition coefficient (Wildman–Crippen LogP) is 0.699. The van der Waals surface area contributed by atoms with Gasteiger partial charge in [-0.2, -0.15) is 0 Å². The van der Waals surface area contributed by atoms with Gasteiger partial charge in [0.15, 0.2) is 0 Å². The molecule has 3 rings (SSSR count). The number of carbonyl (C=O) groups excluding carboxylic acids is 2. The van der Waals surface area contributed by atoms with E-state index in [2.05, 4.69) is 35.8 Å². The fraction of sp³-hybridized carbons (Fsp3) is 0.765. The van der Waals surface area contributed by atoms with Gasteiger partial charge in [0.2, 0.25) is 5.91 Å². The lowest BCUT2D eigenvalue weighted by Crippen LogP contribution is -2.57. The third kappa shape index (κ3) is 3.82. The first-order valence-electron chi connectivity index (χ1n) is 9.29. The highest BCUT2D eigenvalue weighted by atomic mass is 16.6. The van der Waals surface area contributed by atoms with E-state index in [4.69, 9.17) is 0 Å². The van der Waals surface area contributed by atoms with Crippen LogP contribution in [0.25, 0.3) is 0 Å². The molecule has 2 fully saturated rings. The van der Waals surface area contributed by atoms with Crippen molar-refractivity contribution in [2.45, 2.75) is 70.6 Å². The fourth-order valence-electron chi connectivity index (χ4n) is 4.00. The number of amides is 3. The number of nitrogens with one attached hydrogen (secondary N) is 3. The SMILES string of the molecule is Cc1nonc1CNC(=O)[C@@]12CCCCN1C[C@@H](NC(=O)NC(C)C)C2. The number of hydrogen-bond donors (Lipinski definition) is 3. The summed E-state index contributed by atoms with van der Waals surface area (Å²) < 4.78 is 4.68. The maximum Gasteiger partial charge on any atom is 0.315 e. The van der Waals surface area contributed by atoms with Crippen molar-refractivity contribution in [2.24, 2.45) is 0 Å². The van der Waals surface area contributed by atoms with Crippen LogP contribution in [0.15, 0.2) is 4.63 Å². The normalized spacial score (nSPS) is 25.8. The molecule has 0 aliphatic carbocycles. The van der Waals surface area contributed by atoms with Crippen LogP contribution in [0.5, 0.6) is 0 Å². The number of nitrogens with zero attached hydrogens (tertiary/aromatic N) is 3. The predicted molar refractivity (Wildman–Crippen MR) is 94.2 cm³/mol. The molecule has 3 amide bonds. The largest absolute Gasteiger partial charge is 0.349 e. The summed E-state index contributed by atoms with van der Waals surface area (Å²) in [5.74, 6) is -0.00633. The molecule has 1 aromatic heterocycles. The van der Waals surface area contributed by atoms with E-state index in [-0.39, 0.29) is 24.0 Å². The second-order valence-electron chi connectivity index (χ2n) is 7.59. The molecule has 2 saturated heterocycles. The molecule has 0 saturated carbocycles. The molecule has 9 nitrogen and oxygen atoms in total. The third-order valence-corrected chi connectivity index (χ3v) is 5.24. The van der Waals surface area contributed by atoms with Crippen LogP contribution in [0.3, 0.4) is 0 Å². The Morgan fingerprint density at radius 2 is 2.15 bits per heavy atom. The first-order valence-corrected chi connectivity index (χ1v) is 9.29. The lowest BCUT2D eigenvalue weighted by Gasteiger charge is -2.40. The Labute approximate surface area is 153 Å². The molecule has 2 aliphatic heterocycles. The van der Waals surface area contributed by atoms with Crippen molar-refractivity contribution in [2.75, 3.05) is 13.1 Å². The molecular formula is C17H28N6O3. The van der Waals surface area contributed by atoms with E-state index in [1.807, 2.05) is 13.8 Å². The zero-order valence-electron chi connectivity index (χ0n) is 15.7. The number of fused-ring (bicyclic) bond motifs is 1. The summed E-state index contributed by atoms with van der Waals surface area (Å²) in [6, 6.07) is -0.131. The van der Waals surface area contributed by atoms with Crippen LogP contribution in [-0.4, -0.2) is 57.9 Å². The Hall–Kier alpha value is -2.16. The molecule has 0 unspecified atom stereocenters. The quantitative estimate of drug-likeness (QED) is 0.709.